The number of hydrogen-bond donors (Lipinski definition) is 0. The highest BCUT2D eigenvalue weighted by Gasteiger charge is 2.25. The first-order valence-electron chi connectivity index (χ1n) is 5.13. The number of hydrogen-bond acceptors (Lipinski definition) is 6. The fraction of sp³-hybridized carbons (Fsp3) is 0.800. The molecule has 0 saturated carbocycles. The van der Waals surface area contributed by atoms with Crippen LogP contribution in [0.2, 0.25) is 0 Å². The molecule has 0 aromatic rings. The molecular weight excluding hydrogens is 248 g/mol. The smallest absolute Gasteiger partial charge is 0.321 e. The van der Waals surface area contributed by atoms with Crippen LogP contribution in [0.3, 0.4) is 0 Å². The maximum absolute atomic E-state index is 11.4. The molecule has 0 aliphatic carbocycles. The SMILES string of the molecule is CCOC(=O)CS(=O)(=O)CC(=O)OC(C)(C)C. The molecule has 0 aromatic carbocycles. The average Bonchev–Trinajstić information content (AvgIpc) is 1.96. The van der Waals surface area contributed by atoms with Gasteiger partial charge in [0.2, 0.25) is 0 Å². The topological polar surface area (TPSA) is 86.7 Å². The fourth-order valence-electron chi connectivity index (χ4n) is 0.984. The van der Waals surface area contributed by atoms with Gasteiger partial charge < -0.3 is 9.47 Å². The second-order valence-corrected chi connectivity index (χ2v) is 6.49. The fourth-order valence-corrected chi connectivity index (χ4v) is 1.95. The monoisotopic (exact) mass is 266 g/mol. The number of rotatable bonds is 5. The van der Waals surface area contributed by atoms with Crippen LogP contribution in [-0.4, -0.2) is 44.1 Å². The summed E-state index contributed by atoms with van der Waals surface area (Å²) < 4.78 is 32.2. The van der Waals surface area contributed by atoms with Crippen LogP contribution in [0.1, 0.15) is 27.7 Å². The third-order valence-corrected chi connectivity index (χ3v) is 2.75. The minimum Gasteiger partial charge on any atom is -0.465 e. The van der Waals surface area contributed by atoms with Crippen LogP contribution in [0, 0.1) is 0 Å². The minimum absolute atomic E-state index is 0.0980. The van der Waals surface area contributed by atoms with Gasteiger partial charge in [-0.25, -0.2) is 8.42 Å². The van der Waals surface area contributed by atoms with Gasteiger partial charge in [0, 0.05) is 0 Å². The van der Waals surface area contributed by atoms with Crippen LogP contribution in [0.15, 0.2) is 0 Å². The highest BCUT2D eigenvalue weighted by Crippen LogP contribution is 2.08. The van der Waals surface area contributed by atoms with Gasteiger partial charge in [-0.3, -0.25) is 9.59 Å². The van der Waals surface area contributed by atoms with Crippen LogP contribution < -0.4 is 0 Å². The van der Waals surface area contributed by atoms with E-state index in [4.69, 9.17) is 4.74 Å². The van der Waals surface area contributed by atoms with E-state index in [0.717, 1.165) is 0 Å². The summed E-state index contributed by atoms with van der Waals surface area (Å²) in [5.41, 5.74) is -0.753. The zero-order valence-electron chi connectivity index (χ0n) is 10.5. The summed E-state index contributed by atoms with van der Waals surface area (Å²) in [5, 5.41) is 0. The number of ether oxygens (including phenoxy) is 2. The molecule has 0 aliphatic rings. The van der Waals surface area contributed by atoms with E-state index in [1.54, 1.807) is 27.7 Å². The Balaban J connectivity index is 4.36. The van der Waals surface area contributed by atoms with Crippen molar-refractivity contribution in [2.45, 2.75) is 33.3 Å². The van der Waals surface area contributed by atoms with Crippen LogP contribution >= 0.6 is 0 Å². The van der Waals surface area contributed by atoms with E-state index in [1.807, 2.05) is 0 Å². The molecule has 0 fully saturated rings. The highest BCUT2D eigenvalue weighted by molar-refractivity contribution is 7.92. The molecule has 100 valence electrons. The van der Waals surface area contributed by atoms with Gasteiger partial charge in [0.1, 0.15) is 17.1 Å². The number of esters is 2. The molecule has 0 radical (unpaired) electrons. The maximum Gasteiger partial charge on any atom is 0.321 e. The van der Waals surface area contributed by atoms with Crippen molar-refractivity contribution in [3.8, 4) is 0 Å². The third kappa shape index (κ3) is 8.67. The molecule has 7 heteroatoms. The lowest BCUT2D eigenvalue weighted by Crippen LogP contribution is -2.31. The minimum atomic E-state index is -3.82. The Morgan fingerprint density at radius 1 is 1.06 bits per heavy atom. The van der Waals surface area contributed by atoms with Gasteiger partial charge in [0.25, 0.3) is 0 Å². The Morgan fingerprint density at radius 3 is 1.94 bits per heavy atom. The molecule has 0 unspecified atom stereocenters. The Labute approximate surface area is 101 Å². The molecule has 0 bridgehead atoms. The summed E-state index contributed by atoms with van der Waals surface area (Å²) in [7, 11) is -3.82. The van der Waals surface area contributed by atoms with Crippen molar-refractivity contribution in [2.24, 2.45) is 0 Å². The van der Waals surface area contributed by atoms with Crippen molar-refractivity contribution in [3.05, 3.63) is 0 Å². The van der Waals surface area contributed by atoms with Crippen LogP contribution in [0.25, 0.3) is 0 Å². The molecule has 6 nitrogen and oxygen atoms in total. The van der Waals surface area contributed by atoms with Crippen molar-refractivity contribution in [1.82, 2.24) is 0 Å². The van der Waals surface area contributed by atoms with Gasteiger partial charge in [0.05, 0.1) is 6.61 Å². The van der Waals surface area contributed by atoms with Gasteiger partial charge in [-0.2, -0.15) is 0 Å². The molecule has 0 amide bonds. The second kappa shape index (κ2) is 6.00. The van der Waals surface area contributed by atoms with Crippen molar-refractivity contribution >= 4 is 21.8 Å². The number of carbonyl (C=O) groups is 2. The van der Waals surface area contributed by atoms with E-state index in [2.05, 4.69) is 4.74 Å². The summed E-state index contributed by atoms with van der Waals surface area (Å²) in [6.07, 6.45) is 0. The van der Waals surface area contributed by atoms with Crippen molar-refractivity contribution < 1.29 is 27.5 Å². The van der Waals surface area contributed by atoms with Crippen LogP contribution in [0.4, 0.5) is 0 Å². The predicted octanol–water partition coefficient (Wildman–Crippen LogP) is 0.306. The highest BCUT2D eigenvalue weighted by atomic mass is 32.2. The Bertz CT molecular complexity index is 376. The van der Waals surface area contributed by atoms with Gasteiger partial charge in [0.15, 0.2) is 9.84 Å². The second-order valence-electron chi connectivity index (χ2n) is 4.42. The molecule has 0 saturated heterocycles. The molecule has 0 aliphatic heterocycles. The first-order valence-corrected chi connectivity index (χ1v) is 6.96. The standard InChI is InChI=1S/C10H18O6S/c1-5-15-8(11)6-17(13,14)7-9(12)16-10(2,3)4/h5-7H2,1-4H3. The van der Waals surface area contributed by atoms with E-state index in [9.17, 15) is 18.0 Å². The summed E-state index contributed by atoms with van der Waals surface area (Å²) in [5.74, 6) is -3.36. The largest absolute Gasteiger partial charge is 0.465 e. The third-order valence-electron chi connectivity index (χ3n) is 1.40. The number of sulfone groups is 1. The van der Waals surface area contributed by atoms with Crippen LogP contribution in [0.5, 0.6) is 0 Å². The molecule has 0 spiro atoms. The lowest BCUT2D eigenvalue weighted by Gasteiger charge is -2.19. The predicted molar refractivity (Wildman–Crippen MR) is 61.1 cm³/mol. The van der Waals surface area contributed by atoms with E-state index in [1.165, 1.54) is 0 Å². The van der Waals surface area contributed by atoms with Gasteiger partial charge >= 0.3 is 11.9 Å². The quantitative estimate of drug-likeness (QED) is 0.665. The Hall–Kier alpha value is -1.11. The summed E-state index contributed by atoms with van der Waals surface area (Å²) in [4.78, 5) is 22.2. The lowest BCUT2D eigenvalue weighted by molar-refractivity contribution is -0.151. The zero-order valence-corrected chi connectivity index (χ0v) is 11.3. The summed E-state index contributed by atoms with van der Waals surface area (Å²) in [6.45, 7) is 6.55. The molecule has 0 heterocycles. The van der Waals surface area contributed by atoms with E-state index in [0.29, 0.717) is 0 Å². The number of carbonyl (C=O) groups excluding carboxylic acids is 2. The van der Waals surface area contributed by atoms with E-state index >= 15 is 0 Å². The van der Waals surface area contributed by atoms with Gasteiger partial charge in [-0.15, -0.1) is 0 Å². The van der Waals surface area contributed by atoms with Gasteiger partial charge in [-0.05, 0) is 27.7 Å². The lowest BCUT2D eigenvalue weighted by atomic mass is 10.2. The Morgan fingerprint density at radius 2 is 1.53 bits per heavy atom. The first-order chi connectivity index (χ1) is 7.56. The van der Waals surface area contributed by atoms with Crippen molar-refractivity contribution in [3.63, 3.8) is 0 Å². The van der Waals surface area contributed by atoms with Crippen molar-refractivity contribution in [2.75, 3.05) is 18.1 Å². The first kappa shape index (κ1) is 15.9. The van der Waals surface area contributed by atoms with Gasteiger partial charge in [-0.1, -0.05) is 0 Å². The van der Waals surface area contributed by atoms with E-state index in [-0.39, 0.29) is 6.61 Å². The summed E-state index contributed by atoms with van der Waals surface area (Å²) >= 11 is 0. The normalized spacial score (nSPS) is 12.0. The average molecular weight is 266 g/mol. The Kier molecular flexibility index (Phi) is 5.60. The van der Waals surface area contributed by atoms with E-state index < -0.39 is 38.9 Å². The summed E-state index contributed by atoms with van der Waals surface area (Å²) in [6, 6.07) is 0. The zero-order chi connectivity index (χ0) is 13.7. The molecule has 17 heavy (non-hydrogen) atoms. The molecule has 0 N–H and O–H groups in total. The molecule has 0 aromatic heterocycles. The van der Waals surface area contributed by atoms with Crippen LogP contribution in [-0.2, 0) is 28.9 Å². The molecular formula is C10H18O6S. The molecule has 0 atom stereocenters. The molecule has 0 rings (SSSR count). The maximum atomic E-state index is 11.4. The van der Waals surface area contributed by atoms with Crippen molar-refractivity contribution in [1.29, 1.82) is 0 Å².